The van der Waals surface area contributed by atoms with Crippen LogP contribution in [0.2, 0.25) is 0 Å². The van der Waals surface area contributed by atoms with E-state index >= 15 is 8.78 Å². The first-order chi connectivity index (χ1) is 16.2. The summed E-state index contributed by atoms with van der Waals surface area (Å²) in [5, 5.41) is 0.367. The van der Waals surface area contributed by atoms with Crippen LogP contribution in [-0.2, 0) is 19.0 Å². The van der Waals surface area contributed by atoms with Gasteiger partial charge in [0.1, 0.15) is 0 Å². The van der Waals surface area contributed by atoms with E-state index in [0.717, 1.165) is 29.7 Å². The molecule has 34 heavy (non-hydrogen) atoms. The molecule has 0 aliphatic heterocycles. The number of allylic oxidation sites excluding steroid dienone is 1. The zero-order valence-corrected chi connectivity index (χ0v) is 19.4. The smallest absolute Gasteiger partial charge is 0.203 e. The highest BCUT2D eigenvalue weighted by Gasteiger charge is 2.36. The molecule has 1 heterocycles. The Hall–Kier alpha value is -2.99. The van der Waals surface area contributed by atoms with Crippen molar-refractivity contribution in [2.75, 3.05) is 0 Å². The number of alkyl halides is 3. The van der Waals surface area contributed by atoms with Gasteiger partial charge in [-0.25, -0.2) is 8.78 Å². The zero-order valence-electron chi connectivity index (χ0n) is 18.6. The van der Waals surface area contributed by atoms with Crippen molar-refractivity contribution in [1.82, 2.24) is 0 Å². The van der Waals surface area contributed by atoms with Gasteiger partial charge in [-0.05, 0) is 53.5 Å². The molecule has 3 aromatic carbocycles. The Morgan fingerprint density at radius 3 is 2.21 bits per heavy atom. The topological polar surface area (TPSA) is 0 Å². The van der Waals surface area contributed by atoms with Crippen LogP contribution in [0.3, 0.4) is 0 Å². The fraction of sp³-hybridized carbons (Fsp3) is 0.214. The SMILES string of the molecule is C=CCCc1ccc(-c2ccc(-c3cc4ccc(CCC)c(C(F)(F)F)c4s3)c(F)c2F)cc1. The van der Waals surface area contributed by atoms with E-state index in [1.165, 1.54) is 24.3 Å². The van der Waals surface area contributed by atoms with E-state index in [2.05, 4.69) is 6.58 Å². The lowest BCUT2D eigenvalue weighted by Crippen LogP contribution is -2.09. The molecule has 6 heteroatoms. The number of thiophene rings is 1. The lowest BCUT2D eigenvalue weighted by atomic mass is 9.99. The predicted molar refractivity (Wildman–Crippen MR) is 130 cm³/mol. The standard InChI is InChI=1S/C28H23F5S/c1-3-5-7-17-8-10-18(11-9-17)21-14-15-22(26(30)25(21)29)23-16-20-13-12-19(6-4-2)24(27(20)34-23)28(31,32)33/h3,8-16H,1,4-7H2,2H3. The molecule has 0 aliphatic rings. The molecule has 0 N–H and O–H groups in total. The molecule has 0 aliphatic carbocycles. The summed E-state index contributed by atoms with van der Waals surface area (Å²) in [6.07, 6.45) is -0.214. The van der Waals surface area contributed by atoms with Crippen molar-refractivity contribution in [3.05, 3.63) is 95.6 Å². The number of fused-ring (bicyclic) bond motifs is 1. The fourth-order valence-corrected chi connectivity index (χ4v) is 5.41. The van der Waals surface area contributed by atoms with E-state index in [1.807, 2.05) is 25.1 Å². The first kappa shape index (κ1) is 24.1. The number of benzene rings is 3. The maximum atomic E-state index is 15.1. The van der Waals surface area contributed by atoms with Gasteiger partial charge in [-0.15, -0.1) is 17.9 Å². The summed E-state index contributed by atoms with van der Waals surface area (Å²) in [5.41, 5.74) is 1.19. The van der Waals surface area contributed by atoms with E-state index in [-0.39, 0.29) is 26.3 Å². The second-order valence-electron chi connectivity index (χ2n) is 8.19. The second-order valence-corrected chi connectivity index (χ2v) is 9.24. The van der Waals surface area contributed by atoms with Crippen molar-refractivity contribution < 1.29 is 22.0 Å². The highest BCUT2D eigenvalue weighted by Crippen LogP contribution is 2.44. The average molecular weight is 487 g/mol. The molecule has 0 saturated carbocycles. The lowest BCUT2D eigenvalue weighted by Gasteiger charge is -2.13. The third-order valence-corrected chi connectivity index (χ3v) is 7.03. The minimum atomic E-state index is -4.53. The molecular formula is C28H23F5S. The lowest BCUT2D eigenvalue weighted by molar-refractivity contribution is -0.136. The third kappa shape index (κ3) is 4.64. The van der Waals surface area contributed by atoms with E-state index in [1.54, 1.807) is 18.2 Å². The maximum absolute atomic E-state index is 15.1. The quantitative estimate of drug-likeness (QED) is 0.180. The van der Waals surface area contributed by atoms with Gasteiger partial charge in [0.25, 0.3) is 0 Å². The van der Waals surface area contributed by atoms with Gasteiger partial charge in [-0.2, -0.15) is 13.2 Å². The van der Waals surface area contributed by atoms with Crippen LogP contribution in [0.15, 0.2) is 67.3 Å². The molecular weight excluding hydrogens is 463 g/mol. The van der Waals surface area contributed by atoms with Crippen LogP contribution >= 0.6 is 11.3 Å². The van der Waals surface area contributed by atoms with Gasteiger partial charge in [-0.3, -0.25) is 0 Å². The highest BCUT2D eigenvalue weighted by atomic mass is 32.1. The Morgan fingerprint density at radius 2 is 1.56 bits per heavy atom. The molecule has 0 saturated heterocycles. The molecule has 0 amide bonds. The summed E-state index contributed by atoms with van der Waals surface area (Å²) < 4.78 is 71.8. The number of halogens is 5. The molecule has 0 unspecified atom stereocenters. The van der Waals surface area contributed by atoms with Gasteiger partial charge in [0.2, 0.25) is 0 Å². The van der Waals surface area contributed by atoms with Crippen molar-refractivity contribution in [2.45, 2.75) is 38.8 Å². The summed E-state index contributed by atoms with van der Waals surface area (Å²) in [5.74, 6) is -2.08. The van der Waals surface area contributed by atoms with E-state index in [4.69, 9.17) is 0 Å². The Bertz CT molecular complexity index is 1330. The Kier molecular flexibility index (Phi) is 6.89. The predicted octanol–water partition coefficient (Wildman–Crippen LogP) is 9.60. The molecule has 176 valence electrons. The third-order valence-electron chi connectivity index (χ3n) is 5.83. The molecule has 4 rings (SSSR count). The summed E-state index contributed by atoms with van der Waals surface area (Å²) in [6, 6.07) is 14.7. The van der Waals surface area contributed by atoms with Crippen LogP contribution in [0, 0.1) is 11.6 Å². The van der Waals surface area contributed by atoms with Crippen molar-refractivity contribution in [1.29, 1.82) is 0 Å². The largest absolute Gasteiger partial charge is 0.418 e. The Balaban J connectivity index is 1.76. The molecule has 0 spiro atoms. The first-order valence-corrected chi connectivity index (χ1v) is 11.9. The van der Waals surface area contributed by atoms with Crippen molar-refractivity contribution >= 4 is 21.4 Å². The number of hydrogen-bond donors (Lipinski definition) is 0. The molecule has 1 aromatic heterocycles. The second kappa shape index (κ2) is 9.71. The van der Waals surface area contributed by atoms with Crippen LogP contribution in [0.5, 0.6) is 0 Å². The number of aryl methyl sites for hydroxylation is 2. The highest BCUT2D eigenvalue weighted by molar-refractivity contribution is 7.22. The van der Waals surface area contributed by atoms with Crippen LogP contribution in [0.1, 0.15) is 36.5 Å². The van der Waals surface area contributed by atoms with E-state index in [9.17, 15) is 13.2 Å². The van der Waals surface area contributed by atoms with E-state index < -0.39 is 23.4 Å². The number of rotatable bonds is 7. The zero-order chi connectivity index (χ0) is 24.5. The van der Waals surface area contributed by atoms with Gasteiger partial charge in [0, 0.05) is 20.7 Å². The molecule has 0 nitrogen and oxygen atoms in total. The normalized spacial score (nSPS) is 11.8. The Labute approximate surface area is 199 Å². The fourth-order valence-electron chi connectivity index (χ4n) is 4.15. The molecule has 0 fully saturated rings. The van der Waals surface area contributed by atoms with Crippen LogP contribution in [0.4, 0.5) is 22.0 Å². The minimum Gasteiger partial charge on any atom is -0.203 e. The minimum absolute atomic E-state index is 0.0461. The summed E-state index contributed by atoms with van der Waals surface area (Å²) in [4.78, 5) is 0.261. The van der Waals surface area contributed by atoms with Gasteiger partial charge < -0.3 is 0 Å². The van der Waals surface area contributed by atoms with Gasteiger partial charge in [0.05, 0.1) is 5.56 Å². The maximum Gasteiger partial charge on any atom is 0.418 e. The molecule has 0 bridgehead atoms. The van der Waals surface area contributed by atoms with Crippen LogP contribution < -0.4 is 0 Å². The average Bonchev–Trinajstić information content (AvgIpc) is 3.23. The van der Waals surface area contributed by atoms with Crippen LogP contribution in [-0.4, -0.2) is 0 Å². The van der Waals surface area contributed by atoms with E-state index in [0.29, 0.717) is 23.8 Å². The first-order valence-electron chi connectivity index (χ1n) is 11.1. The van der Waals surface area contributed by atoms with Gasteiger partial charge in [-0.1, -0.05) is 61.9 Å². The Morgan fingerprint density at radius 1 is 0.882 bits per heavy atom. The van der Waals surface area contributed by atoms with Crippen LogP contribution in [0.25, 0.3) is 31.7 Å². The van der Waals surface area contributed by atoms with Crippen molar-refractivity contribution in [2.24, 2.45) is 0 Å². The molecule has 0 atom stereocenters. The van der Waals surface area contributed by atoms with Gasteiger partial charge >= 0.3 is 6.18 Å². The summed E-state index contributed by atoms with van der Waals surface area (Å²) in [7, 11) is 0. The monoisotopic (exact) mass is 486 g/mol. The van der Waals surface area contributed by atoms with Gasteiger partial charge in [0.15, 0.2) is 11.6 Å². The molecule has 0 radical (unpaired) electrons. The van der Waals surface area contributed by atoms with Crippen molar-refractivity contribution in [3.63, 3.8) is 0 Å². The number of hydrogen-bond acceptors (Lipinski definition) is 1. The molecule has 4 aromatic rings. The van der Waals surface area contributed by atoms with Crippen molar-refractivity contribution in [3.8, 4) is 21.6 Å². The summed E-state index contributed by atoms with van der Waals surface area (Å²) in [6.45, 7) is 5.51. The summed E-state index contributed by atoms with van der Waals surface area (Å²) >= 11 is 0.843.